The maximum atomic E-state index is 8.60. The molecule has 0 aliphatic carbocycles. The molecule has 1 N–H and O–H groups in total. The minimum absolute atomic E-state index is 0.136. The Balaban J connectivity index is 4.93. The van der Waals surface area contributed by atoms with E-state index in [0.717, 1.165) is 24.0 Å². The lowest BCUT2D eigenvalue weighted by atomic mass is 10.0. The van der Waals surface area contributed by atoms with Crippen molar-refractivity contribution in [1.82, 2.24) is 0 Å². The van der Waals surface area contributed by atoms with E-state index in [1.54, 1.807) is 0 Å². The van der Waals surface area contributed by atoms with Crippen molar-refractivity contribution in [2.45, 2.75) is 33.6 Å². The molecule has 0 aromatic heterocycles. The summed E-state index contributed by atoms with van der Waals surface area (Å²) in [5, 5.41) is 20.0. The van der Waals surface area contributed by atoms with Crippen LogP contribution in [0.5, 0.6) is 0 Å². The van der Waals surface area contributed by atoms with E-state index >= 15 is 0 Å². The predicted molar refractivity (Wildman–Crippen MR) is 48.1 cm³/mol. The third-order valence-electron chi connectivity index (χ3n) is 1.89. The van der Waals surface area contributed by atoms with Crippen LogP contribution in [-0.4, -0.2) is 10.9 Å². The van der Waals surface area contributed by atoms with Gasteiger partial charge in [-0.05, 0) is 25.3 Å². The minimum atomic E-state index is 0.136. The number of nitriles is 1. The Bertz CT molecular complexity index is 246. The molecule has 3 nitrogen and oxygen atoms in total. The Kier molecular flexibility index (Phi) is 4.78. The molecule has 0 fully saturated rings. The van der Waals surface area contributed by atoms with Gasteiger partial charge in [-0.1, -0.05) is 24.6 Å². The molecule has 0 atom stereocenters. The Morgan fingerprint density at radius 1 is 1.42 bits per heavy atom. The zero-order valence-corrected chi connectivity index (χ0v) is 7.76. The minimum Gasteiger partial charge on any atom is -0.410 e. The molecule has 0 saturated heterocycles. The summed E-state index contributed by atoms with van der Waals surface area (Å²) < 4.78 is 0. The Morgan fingerprint density at radius 2 is 2.00 bits per heavy atom. The van der Waals surface area contributed by atoms with E-state index in [1.807, 2.05) is 26.8 Å². The molecule has 66 valence electrons. The normalized spacial score (nSPS) is 13.7. The van der Waals surface area contributed by atoms with E-state index < -0.39 is 0 Å². The van der Waals surface area contributed by atoms with E-state index in [2.05, 4.69) is 5.16 Å². The molecular weight excluding hydrogens is 152 g/mol. The third kappa shape index (κ3) is 2.39. The quantitative estimate of drug-likeness (QED) is 0.398. The van der Waals surface area contributed by atoms with Gasteiger partial charge in [0.2, 0.25) is 0 Å². The molecule has 0 spiro atoms. The lowest BCUT2D eigenvalue weighted by Crippen LogP contribution is -2.01. The first kappa shape index (κ1) is 10.7. The summed E-state index contributed by atoms with van der Waals surface area (Å²) >= 11 is 0. The molecule has 12 heavy (non-hydrogen) atoms. The summed E-state index contributed by atoms with van der Waals surface area (Å²) in [5.41, 5.74) is 2.09. The van der Waals surface area contributed by atoms with Crippen LogP contribution in [0.2, 0.25) is 0 Å². The van der Waals surface area contributed by atoms with Crippen LogP contribution in [0.25, 0.3) is 0 Å². The van der Waals surface area contributed by atoms with Crippen LogP contribution < -0.4 is 0 Å². The lowest BCUT2D eigenvalue weighted by molar-refractivity contribution is 0.320. The SMILES string of the molecule is CCC(C)=C(CC)C(C#N)=NO. The van der Waals surface area contributed by atoms with Crippen LogP contribution in [0.15, 0.2) is 16.3 Å². The van der Waals surface area contributed by atoms with Gasteiger partial charge in [0.1, 0.15) is 6.07 Å². The Morgan fingerprint density at radius 3 is 2.25 bits per heavy atom. The lowest BCUT2D eigenvalue weighted by Gasteiger charge is -2.04. The van der Waals surface area contributed by atoms with Crippen molar-refractivity contribution in [3.05, 3.63) is 11.1 Å². The van der Waals surface area contributed by atoms with Crippen molar-refractivity contribution in [2.24, 2.45) is 5.16 Å². The van der Waals surface area contributed by atoms with Gasteiger partial charge in [-0.25, -0.2) is 0 Å². The number of oxime groups is 1. The van der Waals surface area contributed by atoms with Gasteiger partial charge in [0.15, 0.2) is 5.71 Å². The number of hydrogen-bond acceptors (Lipinski definition) is 3. The topological polar surface area (TPSA) is 56.4 Å². The molecule has 0 aliphatic heterocycles. The molecule has 0 aliphatic rings. The first-order valence-electron chi connectivity index (χ1n) is 4.02. The molecule has 0 saturated carbocycles. The summed E-state index contributed by atoms with van der Waals surface area (Å²) in [6.07, 6.45) is 1.61. The first-order chi connectivity index (χ1) is 5.71. The average molecular weight is 166 g/mol. The van der Waals surface area contributed by atoms with E-state index in [1.165, 1.54) is 0 Å². The highest BCUT2D eigenvalue weighted by Crippen LogP contribution is 2.13. The standard InChI is InChI=1S/C9H14N2O/c1-4-7(3)8(5-2)9(6-10)11-12/h12H,4-5H2,1-3H3. The summed E-state index contributed by atoms with van der Waals surface area (Å²) in [6.45, 7) is 5.90. The van der Waals surface area contributed by atoms with Gasteiger partial charge in [-0.15, -0.1) is 0 Å². The van der Waals surface area contributed by atoms with Crippen LogP contribution in [0.4, 0.5) is 0 Å². The average Bonchev–Trinajstić information content (AvgIpc) is 2.12. The van der Waals surface area contributed by atoms with Crippen molar-refractivity contribution >= 4 is 5.71 Å². The van der Waals surface area contributed by atoms with Gasteiger partial charge in [0, 0.05) is 0 Å². The second-order valence-electron chi connectivity index (χ2n) is 2.53. The fraction of sp³-hybridized carbons (Fsp3) is 0.556. The highest BCUT2D eigenvalue weighted by atomic mass is 16.4. The molecule has 0 bridgehead atoms. The van der Waals surface area contributed by atoms with E-state index in [4.69, 9.17) is 10.5 Å². The fourth-order valence-electron chi connectivity index (χ4n) is 1.03. The highest BCUT2D eigenvalue weighted by Gasteiger charge is 2.07. The van der Waals surface area contributed by atoms with Crippen molar-refractivity contribution in [2.75, 3.05) is 0 Å². The molecule has 0 unspecified atom stereocenters. The van der Waals surface area contributed by atoms with Crippen LogP contribution in [-0.2, 0) is 0 Å². The summed E-state index contributed by atoms with van der Waals surface area (Å²) in [6, 6.07) is 1.86. The van der Waals surface area contributed by atoms with Gasteiger partial charge in [-0.3, -0.25) is 0 Å². The fourth-order valence-corrected chi connectivity index (χ4v) is 1.03. The first-order valence-corrected chi connectivity index (χ1v) is 4.02. The monoisotopic (exact) mass is 166 g/mol. The third-order valence-corrected chi connectivity index (χ3v) is 1.89. The smallest absolute Gasteiger partial charge is 0.182 e. The zero-order chi connectivity index (χ0) is 9.56. The van der Waals surface area contributed by atoms with E-state index in [0.29, 0.717) is 0 Å². The van der Waals surface area contributed by atoms with Gasteiger partial charge in [0.25, 0.3) is 0 Å². The van der Waals surface area contributed by atoms with Crippen molar-refractivity contribution in [3.63, 3.8) is 0 Å². The van der Waals surface area contributed by atoms with Crippen molar-refractivity contribution in [1.29, 1.82) is 5.26 Å². The predicted octanol–water partition coefficient (Wildman–Crippen LogP) is 2.48. The summed E-state index contributed by atoms with van der Waals surface area (Å²) in [5.74, 6) is 0. The second-order valence-corrected chi connectivity index (χ2v) is 2.53. The highest BCUT2D eigenvalue weighted by molar-refractivity contribution is 6.11. The molecule has 0 rings (SSSR count). The number of rotatable bonds is 3. The molecular formula is C9H14N2O. The zero-order valence-electron chi connectivity index (χ0n) is 7.76. The van der Waals surface area contributed by atoms with Gasteiger partial charge < -0.3 is 5.21 Å². The number of nitrogens with zero attached hydrogens (tertiary/aromatic N) is 2. The van der Waals surface area contributed by atoms with E-state index in [-0.39, 0.29) is 5.71 Å². The molecule has 0 amide bonds. The van der Waals surface area contributed by atoms with Crippen molar-refractivity contribution < 1.29 is 5.21 Å². The van der Waals surface area contributed by atoms with Crippen LogP contribution in [0.3, 0.4) is 0 Å². The number of hydrogen-bond donors (Lipinski definition) is 1. The summed E-state index contributed by atoms with van der Waals surface area (Å²) in [4.78, 5) is 0. The Labute approximate surface area is 73.0 Å². The maximum absolute atomic E-state index is 8.60. The van der Waals surface area contributed by atoms with Crippen LogP contribution in [0, 0.1) is 11.3 Å². The molecule has 0 radical (unpaired) electrons. The Hall–Kier alpha value is -1.30. The maximum Gasteiger partial charge on any atom is 0.182 e. The van der Waals surface area contributed by atoms with Crippen LogP contribution in [0.1, 0.15) is 33.6 Å². The largest absolute Gasteiger partial charge is 0.410 e. The van der Waals surface area contributed by atoms with E-state index in [9.17, 15) is 0 Å². The van der Waals surface area contributed by atoms with Crippen LogP contribution >= 0.6 is 0 Å². The van der Waals surface area contributed by atoms with Crippen molar-refractivity contribution in [3.8, 4) is 6.07 Å². The second kappa shape index (κ2) is 5.36. The number of allylic oxidation sites excluding steroid dienone is 2. The molecule has 0 aromatic carbocycles. The molecule has 0 aromatic rings. The summed E-state index contributed by atoms with van der Waals surface area (Å²) in [7, 11) is 0. The molecule has 3 heteroatoms. The van der Waals surface area contributed by atoms with Gasteiger partial charge in [-0.2, -0.15) is 5.26 Å². The van der Waals surface area contributed by atoms with Gasteiger partial charge in [0.05, 0.1) is 0 Å². The van der Waals surface area contributed by atoms with Gasteiger partial charge >= 0.3 is 0 Å². The molecule has 0 heterocycles.